The van der Waals surface area contributed by atoms with Gasteiger partial charge in [0.2, 0.25) is 11.7 Å². The number of aromatic nitrogens is 2. The molecule has 2 rings (SSSR count). The minimum atomic E-state index is -0.316. The summed E-state index contributed by atoms with van der Waals surface area (Å²) in [6, 6.07) is 6.11. The fourth-order valence-electron chi connectivity index (χ4n) is 1.55. The molecular formula is C12H14FN3O. The van der Waals surface area contributed by atoms with Crippen molar-refractivity contribution >= 4 is 0 Å². The van der Waals surface area contributed by atoms with Crippen LogP contribution in [0.2, 0.25) is 0 Å². The molecule has 0 saturated heterocycles. The largest absolute Gasteiger partial charge is 0.339 e. The average molecular weight is 235 g/mol. The Kier molecular flexibility index (Phi) is 3.49. The second-order valence-corrected chi connectivity index (χ2v) is 3.94. The number of nitrogens with two attached hydrogens (primary N) is 1. The van der Waals surface area contributed by atoms with Gasteiger partial charge in [-0.2, -0.15) is 4.98 Å². The normalized spacial score (nSPS) is 12.6. The summed E-state index contributed by atoms with van der Waals surface area (Å²) in [6.07, 6.45) is 0.783. The summed E-state index contributed by atoms with van der Waals surface area (Å²) in [7, 11) is 0. The van der Waals surface area contributed by atoms with Gasteiger partial charge in [-0.15, -0.1) is 0 Å². The molecule has 0 saturated carbocycles. The molecule has 0 fully saturated rings. The zero-order valence-corrected chi connectivity index (χ0v) is 9.56. The molecule has 0 aliphatic heterocycles. The number of nitrogens with zero attached hydrogens (tertiary/aromatic N) is 2. The molecule has 2 N–H and O–H groups in total. The predicted molar refractivity (Wildman–Crippen MR) is 61.8 cm³/mol. The molecule has 0 aliphatic carbocycles. The summed E-state index contributed by atoms with van der Waals surface area (Å²) in [6.45, 7) is 2.54. The first-order valence-electron chi connectivity index (χ1n) is 5.50. The maximum Gasteiger partial charge on any atom is 0.229 e. The smallest absolute Gasteiger partial charge is 0.229 e. The molecule has 1 aromatic carbocycles. The van der Waals surface area contributed by atoms with E-state index >= 15 is 0 Å². The highest BCUT2D eigenvalue weighted by molar-refractivity contribution is 5.53. The fraction of sp³-hybridized carbons (Fsp3) is 0.333. The Balaban J connectivity index is 2.23. The standard InChI is InChI=1S/C12H14FN3O/c1-8(5-6-14)12-15-11(16-17-12)9-3-2-4-10(13)7-9/h2-4,7-8H,5-6,14H2,1H3. The van der Waals surface area contributed by atoms with Gasteiger partial charge < -0.3 is 10.3 Å². The van der Waals surface area contributed by atoms with Crippen molar-refractivity contribution in [3.63, 3.8) is 0 Å². The van der Waals surface area contributed by atoms with Crippen LogP contribution in [0.5, 0.6) is 0 Å². The Morgan fingerprint density at radius 1 is 1.47 bits per heavy atom. The highest BCUT2D eigenvalue weighted by Gasteiger charge is 2.14. The van der Waals surface area contributed by atoms with Gasteiger partial charge in [0.1, 0.15) is 5.82 Å². The van der Waals surface area contributed by atoms with Gasteiger partial charge in [-0.25, -0.2) is 4.39 Å². The minimum absolute atomic E-state index is 0.120. The molecule has 0 bridgehead atoms. The van der Waals surface area contributed by atoms with E-state index in [9.17, 15) is 4.39 Å². The van der Waals surface area contributed by atoms with Gasteiger partial charge in [-0.05, 0) is 25.1 Å². The van der Waals surface area contributed by atoms with Crippen LogP contribution >= 0.6 is 0 Å². The van der Waals surface area contributed by atoms with Crippen LogP contribution < -0.4 is 5.73 Å². The topological polar surface area (TPSA) is 64.9 Å². The molecule has 5 heteroatoms. The molecular weight excluding hydrogens is 221 g/mol. The van der Waals surface area contributed by atoms with Gasteiger partial charge in [0.05, 0.1) is 0 Å². The Morgan fingerprint density at radius 3 is 3.00 bits per heavy atom. The number of halogens is 1. The molecule has 0 radical (unpaired) electrons. The van der Waals surface area contributed by atoms with Crippen LogP contribution in [0.4, 0.5) is 4.39 Å². The lowest BCUT2D eigenvalue weighted by Crippen LogP contribution is -2.04. The first kappa shape index (κ1) is 11.7. The molecule has 1 atom stereocenters. The number of benzene rings is 1. The van der Waals surface area contributed by atoms with Crippen LogP contribution in [-0.2, 0) is 0 Å². The van der Waals surface area contributed by atoms with Crippen LogP contribution in [0.25, 0.3) is 11.4 Å². The van der Waals surface area contributed by atoms with Gasteiger partial charge in [0.25, 0.3) is 0 Å². The van der Waals surface area contributed by atoms with E-state index < -0.39 is 0 Å². The predicted octanol–water partition coefficient (Wildman–Crippen LogP) is 2.33. The molecule has 0 spiro atoms. The van der Waals surface area contributed by atoms with Gasteiger partial charge in [-0.3, -0.25) is 0 Å². The highest BCUT2D eigenvalue weighted by Crippen LogP contribution is 2.21. The number of hydrogen-bond donors (Lipinski definition) is 1. The molecule has 90 valence electrons. The van der Waals surface area contributed by atoms with Gasteiger partial charge in [0.15, 0.2) is 0 Å². The molecule has 2 aromatic rings. The summed E-state index contributed by atoms with van der Waals surface area (Å²) in [4.78, 5) is 4.24. The van der Waals surface area contributed by atoms with Crippen molar-refractivity contribution < 1.29 is 8.91 Å². The maximum atomic E-state index is 13.0. The van der Waals surface area contributed by atoms with Crippen molar-refractivity contribution in [2.24, 2.45) is 5.73 Å². The lowest BCUT2D eigenvalue weighted by atomic mass is 10.1. The van der Waals surface area contributed by atoms with Crippen LogP contribution in [0.15, 0.2) is 28.8 Å². The minimum Gasteiger partial charge on any atom is -0.339 e. The molecule has 1 aromatic heterocycles. The van der Waals surface area contributed by atoms with Crippen LogP contribution in [0.3, 0.4) is 0 Å². The zero-order chi connectivity index (χ0) is 12.3. The number of rotatable bonds is 4. The Labute approximate surface area is 98.6 Å². The zero-order valence-electron chi connectivity index (χ0n) is 9.56. The highest BCUT2D eigenvalue weighted by atomic mass is 19.1. The van der Waals surface area contributed by atoms with Crippen molar-refractivity contribution in [2.45, 2.75) is 19.3 Å². The monoisotopic (exact) mass is 235 g/mol. The van der Waals surface area contributed by atoms with E-state index in [1.165, 1.54) is 12.1 Å². The molecule has 17 heavy (non-hydrogen) atoms. The van der Waals surface area contributed by atoms with E-state index in [4.69, 9.17) is 10.3 Å². The van der Waals surface area contributed by atoms with E-state index in [1.807, 2.05) is 6.92 Å². The van der Waals surface area contributed by atoms with E-state index in [0.717, 1.165) is 6.42 Å². The second kappa shape index (κ2) is 5.05. The third kappa shape index (κ3) is 2.68. The first-order chi connectivity index (χ1) is 8.20. The van der Waals surface area contributed by atoms with Gasteiger partial charge in [-0.1, -0.05) is 24.2 Å². The fourth-order valence-corrected chi connectivity index (χ4v) is 1.55. The summed E-state index contributed by atoms with van der Waals surface area (Å²) in [5.41, 5.74) is 6.08. The quantitative estimate of drug-likeness (QED) is 0.883. The lowest BCUT2D eigenvalue weighted by molar-refractivity contribution is 0.355. The molecule has 0 amide bonds. The molecule has 0 aliphatic rings. The molecule has 4 nitrogen and oxygen atoms in total. The Morgan fingerprint density at radius 2 is 2.29 bits per heavy atom. The van der Waals surface area contributed by atoms with Gasteiger partial charge in [0, 0.05) is 11.5 Å². The van der Waals surface area contributed by atoms with Crippen molar-refractivity contribution in [3.8, 4) is 11.4 Å². The molecule has 1 heterocycles. The van der Waals surface area contributed by atoms with Crippen molar-refractivity contribution in [1.29, 1.82) is 0 Å². The number of hydrogen-bond acceptors (Lipinski definition) is 4. The summed E-state index contributed by atoms with van der Waals surface area (Å²) in [5.74, 6) is 0.747. The van der Waals surface area contributed by atoms with Crippen LogP contribution in [0, 0.1) is 5.82 Å². The van der Waals surface area contributed by atoms with Crippen molar-refractivity contribution in [3.05, 3.63) is 36.0 Å². The van der Waals surface area contributed by atoms with E-state index in [2.05, 4.69) is 10.1 Å². The summed E-state index contributed by atoms with van der Waals surface area (Å²) in [5, 5.41) is 3.84. The van der Waals surface area contributed by atoms with Gasteiger partial charge >= 0.3 is 0 Å². The summed E-state index contributed by atoms with van der Waals surface area (Å²) >= 11 is 0. The summed E-state index contributed by atoms with van der Waals surface area (Å²) < 4.78 is 18.2. The van der Waals surface area contributed by atoms with E-state index in [-0.39, 0.29) is 11.7 Å². The van der Waals surface area contributed by atoms with E-state index in [0.29, 0.717) is 23.8 Å². The third-order valence-corrected chi connectivity index (χ3v) is 2.55. The van der Waals surface area contributed by atoms with Crippen molar-refractivity contribution in [2.75, 3.05) is 6.54 Å². The van der Waals surface area contributed by atoms with Crippen molar-refractivity contribution in [1.82, 2.24) is 10.1 Å². The first-order valence-corrected chi connectivity index (χ1v) is 5.50. The molecule has 1 unspecified atom stereocenters. The average Bonchev–Trinajstić information content (AvgIpc) is 2.78. The Hall–Kier alpha value is -1.75. The third-order valence-electron chi connectivity index (χ3n) is 2.55. The lowest BCUT2D eigenvalue weighted by Gasteiger charge is -2.01. The van der Waals surface area contributed by atoms with Crippen LogP contribution in [-0.4, -0.2) is 16.7 Å². The van der Waals surface area contributed by atoms with E-state index in [1.54, 1.807) is 12.1 Å². The van der Waals surface area contributed by atoms with Crippen LogP contribution in [0.1, 0.15) is 25.2 Å². The maximum absolute atomic E-state index is 13.0. The Bertz CT molecular complexity index is 498. The second-order valence-electron chi connectivity index (χ2n) is 3.94. The SMILES string of the molecule is CC(CCN)c1nc(-c2cccc(F)c2)no1.